The average Bonchev–Trinajstić information content (AvgIpc) is 3.08. The first-order chi connectivity index (χ1) is 16.3. The SMILES string of the molecule is C[C@]1(O)C(OC(=O)c2ccccc2)C(COC(=O)c2ccccc2)OC1n1ccc(=O)[nH]c1=O. The largest absolute Gasteiger partial charge is 0.459 e. The molecule has 2 N–H and O–H groups in total. The zero-order valence-corrected chi connectivity index (χ0v) is 18.1. The van der Waals surface area contributed by atoms with Gasteiger partial charge in [0.1, 0.15) is 18.3 Å². The highest BCUT2D eigenvalue weighted by molar-refractivity contribution is 5.90. The van der Waals surface area contributed by atoms with E-state index < -0.39 is 47.2 Å². The molecule has 1 aliphatic rings. The lowest BCUT2D eigenvalue weighted by Crippen LogP contribution is -2.49. The molecule has 3 aromatic rings. The van der Waals surface area contributed by atoms with Crippen LogP contribution in [0.25, 0.3) is 0 Å². The van der Waals surface area contributed by atoms with Gasteiger partial charge in [0.15, 0.2) is 12.3 Å². The van der Waals surface area contributed by atoms with Crippen molar-refractivity contribution >= 4 is 11.9 Å². The Bertz CT molecular complexity index is 1280. The van der Waals surface area contributed by atoms with Crippen LogP contribution in [-0.2, 0) is 14.2 Å². The number of carbonyl (C=O) groups is 2. The molecule has 10 nitrogen and oxygen atoms in total. The van der Waals surface area contributed by atoms with Gasteiger partial charge in [-0.3, -0.25) is 14.3 Å². The van der Waals surface area contributed by atoms with Gasteiger partial charge in [0.2, 0.25) is 0 Å². The van der Waals surface area contributed by atoms with Crippen LogP contribution in [0.3, 0.4) is 0 Å². The van der Waals surface area contributed by atoms with Crippen LogP contribution < -0.4 is 11.2 Å². The normalized spacial score (nSPS) is 23.9. The van der Waals surface area contributed by atoms with Crippen molar-refractivity contribution < 1.29 is 28.9 Å². The minimum absolute atomic E-state index is 0.239. The van der Waals surface area contributed by atoms with Gasteiger partial charge in [-0.25, -0.2) is 14.4 Å². The molecular formula is C24H22N2O8. The van der Waals surface area contributed by atoms with Crippen LogP contribution in [0.4, 0.5) is 0 Å². The number of rotatable bonds is 6. The van der Waals surface area contributed by atoms with E-state index >= 15 is 0 Å². The second kappa shape index (κ2) is 9.46. The molecule has 1 saturated heterocycles. The molecule has 0 amide bonds. The minimum Gasteiger partial charge on any atom is -0.459 e. The van der Waals surface area contributed by atoms with Crippen molar-refractivity contribution in [1.82, 2.24) is 9.55 Å². The number of benzene rings is 2. The van der Waals surface area contributed by atoms with Crippen LogP contribution in [0, 0.1) is 0 Å². The minimum atomic E-state index is -1.92. The monoisotopic (exact) mass is 466 g/mol. The third-order valence-electron chi connectivity index (χ3n) is 5.45. The van der Waals surface area contributed by atoms with Gasteiger partial charge in [0, 0.05) is 12.3 Å². The van der Waals surface area contributed by atoms with E-state index in [2.05, 4.69) is 4.98 Å². The summed E-state index contributed by atoms with van der Waals surface area (Å²) < 4.78 is 17.8. The number of ether oxygens (including phenoxy) is 3. The fraction of sp³-hybridized carbons (Fsp3) is 0.250. The predicted molar refractivity (Wildman–Crippen MR) is 118 cm³/mol. The van der Waals surface area contributed by atoms with Crippen molar-refractivity contribution in [2.24, 2.45) is 0 Å². The van der Waals surface area contributed by atoms with Crippen LogP contribution in [-0.4, -0.2) is 51.0 Å². The molecule has 2 heterocycles. The maximum atomic E-state index is 12.7. The Balaban J connectivity index is 1.62. The number of nitrogens with zero attached hydrogens (tertiary/aromatic N) is 1. The van der Waals surface area contributed by atoms with Gasteiger partial charge >= 0.3 is 17.6 Å². The molecule has 0 radical (unpaired) electrons. The Labute approximate surface area is 193 Å². The predicted octanol–water partition coefficient (Wildman–Crippen LogP) is 1.27. The molecule has 0 spiro atoms. The van der Waals surface area contributed by atoms with E-state index in [9.17, 15) is 24.3 Å². The van der Waals surface area contributed by atoms with Gasteiger partial charge in [-0.15, -0.1) is 0 Å². The van der Waals surface area contributed by atoms with Crippen molar-refractivity contribution in [2.75, 3.05) is 6.61 Å². The summed E-state index contributed by atoms with van der Waals surface area (Å²) in [6.07, 6.45) is -2.60. The molecular weight excluding hydrogens is 444 g/mol. The fourth-order valence-corrected chi connectivity index (χ4v) is 3.75. The molecule has 34 heavy (non-hydrogen) atoms. The van der Waals surface area contributed by atoms with E-state index in [0.717, 1.165) is 16.8 Å². The summed E-state index contributed by atoms with van der Waals surface area (Å²) in [4.78, 5) is 51.0. The van der Waals surface area contributed by atoms with Crippen LogP contribution >= 0.6 is 0 Å². The molecule has 1 aliphatic heterocycles. The summed E-state index contributed by atoms with van der Waals surface area (Å²) in [5.74, 6) is -1.37. The quantitative estimate of drug-likeness (QED) is 0.518. The van der Waals surface area contributed by atoms with E-state index in [1.165, 1.54) is 6.92 Å². The highest BCUT2D eigenvalue weighted by Crippen LogP contribution is 2.39. The van der Waals surface area contributed by atoms with Gasteiger partial charge in [-0.05, 0) is 31.2 Å². The highest BCUT2D eigenvalue weighted by Gasteiger charge is 2.56. The van der Waals surface area contributed by atoms with Crippen LogP contribution in [0.1, 0.15) is 33.9 Å². The summed E-state index contributed by atoms with van der Waals surface area (Å²) in [5, 5.41) is 11.3. The zero-order chi connectivity index (χ0) is 24.3. The summed E-state index contributed by atoms with van der Waals surface area (Å²) in [6, 6.07) is 17.5. The standard InChI is InChI=1S/C24H22N2O8/c1-24(31)19(34-21(29)16-10-6-3-7-11-16)17(14-32-20(28)15-8-4-2-5-9-15)33-22(24)26-13-12-18(27)25-23(26)30/h2-13,17,19,22,31H,14H2,1H3,(H,25,27,30)/t17?,19?,22?,24-/m0/s1. The lowest BCUT2D eigenvalue weighted by Gasteiger charge is -2.30. The molecule has 176 valence electrons. The molecule has 3 unspecified atom stereocenters. The molecule has 0 saturated carbocycles. The van der Waals surface area contributed by atoms with Gasteiger partial charge < -0.3 is 19.3 Å². The van der Waals surface area contributed by atoms with Gasteiger partial charge in [0.05, 0.1) is 11.1 Å². The number of nitrogens with one attached hydrogen (secondary N) is 1. The first-order valence-corrected chi connectivity index (χ1v) is 10.4. The van der Waals surface area contributed by atoms with E-state index in [1.54, 1.807) is 60.7 Å². The third-order valence-corrected chi connectivity index (χ3v) is 5.45. The van der Waals surface area contributed by atoms with Crippen LogP contribution in [0.15, 0.2) is 82.5 Å². The maximum absolute atomic E-state index is 12.7. The Kier molecular flexibility index (Phi) is 6.44. The van der Waals surface area contributed by atoms with Crippen molar-refractivity contribution in [3.63, 3.8) is 0 Å². The van der Waals surface area contributed by atoms with Crippen LogP contribution in [0.5, 0.6) is 0 Å². The topological polar surface area (TPSA) is 137 Å². The summed E-state index contributed by atoms with van der Waals surface area (Å²) in [5.41, 5.74) is -2.83. The molecule has 2 aromatic carbocycles. The Hall–Kier alpha value is -4.02. The molecule has 0 aliphatic carbocycles. The summed E-state index contributed by atoms with van der Waals surface area (Å²) >= 11 is 0. The second-order valence-corrected chi connectivity index (χ2v) is 7.93. The van der Waals surface area contributed by atoms with E-state index in [1.807, 2.05) is 0 Å². The van der Waals surface area contributed by atoms with Gasteiger partial charge in [0.25, 0.3) is 5.56 Å². The van der Waals surface area contributed by atoms with Crippen LogP contribution in [0.2, 0.25) is 0 Å². The van der Waals surface area contributed by atoms with E-state index in [0.29, 0.717) is 5.56 Å². The summed E-state index contributed by atoms with van der Waals surface area (Å²) in [6.45, 7) is 0.961. The number of hydrogen-bond acceptors (Lipinski definition) is 8. The Morgan fingerprint density at radius 3 is 2.18 bits per heavy atom. The molecule has 0 bridgehead atoms. The molecule has 1 aromatic heterocycles. The number of aromatic nitrogens is 2. The third kappa shape index (κ3) is 4.68. The first kappa shape index (κ1) is 23.1. The maximum Gasteiger partial charge on any atom is 0.338 e. The second-order valence-electron chi connectivity index (χ2n) is 7.93. The molecule has 4 atom stereocenters. The lowest BCUT2D eigenvalue weighted by atomic mass is 9.96. The van der Waals surface area contributed by atoms with Crippen molar-refractivity contribution in [1.29, 1.82) is 0 Å². The average molecular weight is 466 g/mol. The molecule has 4 rings (SSSR count). The highest BCUT2D eigenvalue weighted by atomic mass is 16.6. The molecule has 1 fully saturated rings. The van der Waals surface area contributed by atoms with Crippen molar-refractivity contribution in [2.45, 2.75) is 31.0 Å². The number of H-pyrrole nitrogens is 1. The lowest BCUT2D eigenvalue weighted by molar-refractivity contribution is -0.101. The Morgan fingerprint density at radius 2 is 1.59 bits per heavy atom. The number of esters is 2. The van der Waals surface area contributed by atoms with E-state index in [-0.39, 0.29) is 12.2 Å². The zero-order valence-electron chi connectivity index (χ0n) is 18.1. The van der Waals surface area contributed by atoms with Crippen molar-refractivity contribution in [3.05, 3.63) is 105 Å². The van der Waals surface area contributed by atoms with E-state index in [4.69, 9.17) is 14.2 Å². The molecule has 10 heteroatoms. The van der Waals surface area contributed by atoms with Gasteiger partial charge in [-0.2, -0.15) is 0 Å². The number of aromatic amines is 1. The van der Waals surface area contributed by atoms with Gasteiger partial charge in [-0.1, -0.05) is 36.4 Å². The fourth-order valence-electron chi connectivity index (χ4n) is 3.75. The Morgan fingerprint density at radius 1 is 1.00 bits per heavy atom. The number of carbonyl (C=O) groups excluding carboxylic acids is 2. The smallest absolute Gasteiger partial charge is 0.338 e. The number of hydrogen-bond donors (Lipinski definition) is 2. The van der Waals surface area contributed by atoms with Crippen molar-refractivity contribution in [3.8, 4) is 0 Å². The number of aliphatic hydroxyl groups is 1. The summed E-state index contributed by atoms with van der Waals surface area (Å²) in [7, 11) is 0. The first-order valence-electron chi connectivity index (χ1n) is 10.4.